The van der Waals surface area contributed by atoms with Crippen molar-refractivity contribution >= 4 is 11.6 Å². The highest BCUT2D eigenvalue weighted by Gasteiger charge is 2.02. The van der Waals surface area contributed by atoms with Gasteiger partial charge in [0.15, 0.2) is 0 Å². The Balaban J connectivity index is 2.20. The van der Waals surface area contributed by atoms with Crippen molar-refractivity contribution in [1.29, 1.82) is 0 Å². The third kappa shape index (κ3) is 2.51. The molecule has 2 rings (SSSR count). The van der Waals surface area contributed by atoms with E-state index in [9.17, 15) is 0 Å². The molecule has 0 fully saturated rings. The van der Waals surface area contributed by atoms with Crippen LogP contribution in [0.1, 0.15) is 5.56 Å². The number of hydrogen-bond donors (Lipinski definition) is 1. The minimum atomic E-state index is 0.419. The molecule has 1 heterocycles. The monoisotopic (exact) mass is 234 g/mol. The summed E-state index contributed by atoms with van der Waals surface area (Å²) in [5.41, 5.74) is 6.41. The topological polar surface area (TPSA) is 48.1 Å². The lowest BCUT2D eigenvalue weighted by molar-refractivity contribution is 0.463. The number of aromatic nitrogens is 1. The number of rotatable bonds is 3. The van der Waals surface area contributed by atoms with E-state index in [1.807, 2.05) is 24.3 Å². The second-order valence-corrected chi connectivity index (χ2v) is 3.63. The summed E-state index contributed by atoms with van der Waals surface area (Å²) in [5.74, 6) is 1.19. The summed E-state index contributed by atoms with van der Waals surface area (Å²) in [6.45, 7) is 0.419. The molecule has 2 aromatic rings. The van der Waals surface area contributed by atoms with Crippen molar-refractivity contribution in [2.45, 2.75) is 6.54 Å². The van der Waals surface area contributed by atoms with Crippen LogP contribution in [0.25, 0.3) is 0 Å². The van der Waals surface area contributed by atoms with Crippen LogP contribution in [0.2, 0.25) is 5.02 Å². The molecule has 1 aromatic heterocycles. The lowest BCUT2D eigenvalue weighted by atomic mass is 10.2. The van der Waals surface area contributed by atoms with Gasteiger partial charge in [0.25, 0.3) is 0 Å². The average molecular weight is 235 g/mol. The zero-order valence-corrected chi connectivity index (χ0v) is 9.32. The molecular weight excluding hydrogens is 224 g/mol. The average Bonchev–Trinajstić information content (AvgIpc) is 2.31. The van der Waals surface area contributed by atoms with Crippen LogP contribution in [-0.4, -0.2) is 4.98 Å². The Bertz CT molecular complexity index is 474. The predicted molar refractivity (Wildman–Crippen MR) is 63.7 cm³/mol. The first-order valence-electron chi connectivity index (χ1n) is 4.87. The fraction of sp³-hybridized carbons (Fsp3) is 0.0833. The molecule has 3 nitrogen and oxygen atoms in total. The minimum Gasteiger partial charge on any atom is -0.439 e. The van der Waals surface area contributed by atoms with Crippen molar-refractivity contribution < 1.29 is 4.74 Å². The molecule has 0 atom stereocenters. The van der Waals surface area contributed by atoms with E-state index in [1.54, 1.807) is 18.3 Å². The van der Waals surface area contributed by atoms with Gasteiger partial charge in [0.2, 0.25) is 5.88 Å². The first kappa shape index (κ1) is 10.9. The van der Waals surface area contributed by atoms with Gasteiger partial charge >= 0.3 is 0 Å². The first-order valence-corrected chi connectivity index (χ1v) is 5.25. The van der Waals surface area contributed by atoms with Crippen LogP contribution in [0, 0.1) is 0 Å². The second-order valence-electron chi connectivity index (χ2n) is 3.23. The number of nitrogens with two attached hydrogens (primary N) is 1. The molecule has 0 aliphatic rings. The first-order chi connectivity index (χ1) is 7.79. The normalized spacial score (nSPS) is 10.1. The highest BCUT2D eigenvalue weighted by atomic mass is 35.5. The summed E-state index contributed by atoms with van der Waals surface area (Å²) in [5, 5.41) is 0.607. The third-order valence-electron chi connectivity index (χ3n) is 2.10. The van der Waals surface area contributed by atoms with Gasteiger partial charge in [0.05, 0.1) is 0 Å². The highest BCUT2D eigenvalue weighted by Crippen LogP contribution is 2.25. The number of ether oxygens (including phenoxy) is 1. The molecule has 4 heteroatoms. The number of benzene rings is 1. The van der Waals surface area contributed by atoms with Crippen molar-refractivity contribution in [2.24, 2.45) is 5.73 Å². The molecule has 0 saturated carbocycles. The maximum Gasteiger partial charge on any atom is 0.219 e. The molecule has 0 bridgehead atoms. The number of hydrogen-bond acceptors (Lipinski definition) is 3. The third-order valence-corrected chi connectivity index (χ3v) is 2.46. The molecule has 0 aliphatic heterocycles. The lowest BCUT2D eigenvalue weighted by Gasteiger charge is -2.06. The maximum atomic E-state index is 6.02. The van der Waals surface area contributed by atoms with Crippen LogP contribution in [0.15, 0.2) is 42.6 Å². The van der Waals surface area contributed by atoms with Gasteiger partial charge in [-0.1, -0.05) is 23.7 Å². The van der Waals surface area contributed by atoms with Gasteiger partial charge in [-0.25, -0.2) is 4.98 Å². The van der Waals surface area contributed by atoms with E-state index in [4.69, 9.17) is 22.1 Å². The molecule has 1 aromatic carbocycles. The zero-order chi connectivity index (χ0) is 11.4. The van der Waals surface area contributed by atoms with Crippen LogP contribution >= 0.6 is 11.6 Å². The van der Waals surface area contributed by atoms with Crippen molar-refractivity contribution in [3.8, 4) is 11.6 Å². The summed E-state index contributed by atoms with van der Waals surface area (Å²) in [7, 11) is 0. The van der Waals surface area contributed by atoms with Gasteiger partial charge in [0.1, 0.15) is 5.75 Å². The van der Waals surface area contributed by atoms with Gasteiger partial charge in [0, 0.05) is 23.8 Å². The van der Waals surface area contributed by atoms with Crippen LogP contribution in [0.5, 0.6) is 11.6 Å². The van der Waals surface area contributed by atoms with E-state index >= 15 is 0 Å². The standard InChI is InChI=1S/C12H11ClN2O/c13-11-7-10(5-4-9(11)8-14)16-12-3-1-2-6-15-12/h1-7H,8,14H2. The lowest BCUT2D eigenvalue weighted by Crippen LogP contribution is -1.97. The highest BCUT2D eigenvalue weighted by molar-refractivity contribution is 6.31. The Morgan fingerprint density at radius 1 is 1.25 bits per heavy atom. The molecule has 0 unspecified atom stereocenters. The van der Waals surface area contributed by atoms with Gasteiger partial charge in [-0.2, -0.15) is 0 Å². The van der Waals surface area contributed by atoms with Gasteiger partial charge < -0.3 is 10.5 Å². The van der Waals surface area contributed by atoms with Crippen molar-refractivity contribution in [2.75, 3.05) is 0 Å². The van der Waals surface area contributed by atoms with Crippen molar-refractivity contribution in [1.82, 2.24) is 4.98 Å². The Morgan fingerprint density at radius 2 is 2.12 bits per heavy atom. The summed E-state index contributed by atoms with van der Waals surface area (Å²) in [6, 6.07) is 10.9. The van der Waals surface area contributed by atoms with E-state index < -0.39 is 0 Å². The van der Waals surface area contributed by atoms with E-state index in [2.05, 4.69) is 4.98 Å². The van der Waals surface area contributed by atoms with Crippen molar-refractivity contribution in [3.63, 3.8) is 0 Å². The summed E-state index contributed by atoms with van der Waals surface area (Å²) < 4.78 is 5.52. The zero-order valence-electron chi connectivity index (χ0n) is 8.56. The predicted octanol–water partition coefficient (Wildman–Crippen LogP) is 2.99. The summed E-state index contributed by atoms with van der Waals surface area (Å²) >= 11 is 6.02. The van der Waals surface area contributed by atoms with E-state index in [0.717, 1.165) is 5.56 Å². The second kappa shape index (κ2) is 4.96. The Kier molecular flexibility index (Phi) is 3.39. The fourth-order valence-electron chi connectivity index (χ4n) is 1.29. The Hall–Kier alpha value is -1.58. The SMILES string of the molecule is NCc1ccc(Oc2ccccn2)cc1Cl. The number of nitrogens with zero attached hydrogens (tertiary/aromatic N) is 1. The molecular formula is C12H11ClN2O. The number of halogens is 1. The Morgan fingerprint density at radius 3 is 2.75 bits per heavy atom. The van der Waals surface area contributed by atoms with Gasteiger partial charge in [-0.3, -0.25) is 0 Å². The van der Waals surface area contributed by atoms with E-state index in [1.165, 1.54) is 0 Å². The smallest absolute Gasteiger partial charge is 0.219 e. The van der Waals surface area contributed by atoms with Crippen LogP contribution in [-0.2, 0) is 6.54 Å². The van der Waals surface area contributed by atoms with Crippen molar-refractivity contribution in [3.05, 3.63) is 53.2 Å². The fourth-order valence-corrected chi connectivity index (χ4v) is 1.53. The van der Waals surface area contributed by atoms with Crippen LogP contribution < -0.4 is 10.5 Å². The quantitative estimate of drug-likeness (QED) is 0.888. The number of pyridine rings is 1. The van der Waals surface area contributed by atoms with E-state index in [-0.39, 0.29) is 0 Å². The molecule has 16 heavy (non-hydrogen) atoms. The summed E-state index contributed by atoms with van der Waals surface area (Å²) in [6.07, 6.45) is 1.67. The van der Waals surface area contributed by atoms with Crippen LogP contribution in [0.3, 0.4) is 0 Å². The molecule has 82 valence electrons. The molecule has 0 amide bonds. The van der Waals surface area contributed by atoms with E-state index in [0.29, 0.717) is 23.2 Å². The molecule has 2 N–H and O–H groups in total. The minimum absolute atomic E-state index is 0.419. The molecule has 0 aliphatic carbocycles. The maximum absolute atomic E-state index is 6.02. The van der Waals surface area contributed by atoms with Crippen LogP contribution in [0.4, 0.5) is 0 Å². The summed E-state index contributed by atoms with van der Waals surface area (Å²) in [4.78, 5) is 4.06. The molecule has 0 radical (unpaired) electrons. The largest absolute Gasteiger partial charge is 0.439 e. The van der Waals surface area contributed by atoms with Gasteiger partial charge in [-0.05, 0) is 23.8 Å². The molecule has 0 spiro atoms. The molecule has 0 saturated heterocycles. The Labute approximate surface area is 98.8 Å². The van der Waals surface area contributed by atoms with Gasteiger partial charge in [-0.15, -0.1) is 0 Å².